The zero-order valence-corrected chi connectivity index (χ0v) is 18.8. The predicted molar refractivity (Wildman–Crippen MR) is 132 cm³/mol. The van der Waals surface area contributed by atoms with E-state index in [1.54, 1.807) is 6.20 Å². The fourth-order valence-corrected chi connectivity index (χ4v) is 4.33. The average Bonchev–Trinajstić information content (AvgIpc) is 3.14. The lowest BCUT2D eigenvalue weighted by Gasteiger charge is -2.11. The lowest BCUT2D eigenvalue weighted by molar-refractivity contribution is 0.637. The number of aromatic amines is 1. The summed E-state index contributed by atoms with van der Waals surface area (Å²) in [6.45, 7) is 6.52. The second-order valence-electron chi connectivity index (χ2n) is 8.21. The van der Waals surface area contributed by atoms with Crippen molar-refractivity contribution in [2.75, 3.05) is 17.2 Å². The van der Waals surface area contributed by atoms with E-state index >= 15 is 0 Å². The first kappa shape index (κ1) is 20.9. The molecule has 0 saturated heterocycles. The highest BCUT2D eigenvalue weighted by atomic mass is 19.1. The molecule has 5 rings (SSSR count). The average molecular weight is 441 g/mol. The standard InChI is InChI=1S/C26H25FN6/c1-15-8-9-21(27)25-24(15)19(16(2)30-25)11-13-28-22-14-23(32-17(3)31-22)33-26-20-7-5-4-6-18(20)10-12-29-26/h4-10,12,14,30H,11,13H2,1-3H3,(H2,28,29,31,32,33). The molecule has 3 N–H and O–H groups in total. The van der Waals surface area contributed by atoms with E-state index in [2.05, 4.69) is 36.6 Å². The maximum atomic E-state index is 14.2. The van der Waals surface area contributed by atoms with Crippen LogP contribution in [0.1, 0.15) is 22.6 Å². The van der Waals surface area contributed by atoms with Crippen LogP contribution < -0.4 is 10.6 Å². The number of hydrogen-bond donors (Lipinski definition) is 3. The Kier molecular flexibility index (Phi) is 5.38. The summed E-state index contributed by atoms with van der Waals surface area (Å²) in [6.07, 6.45) is 2.53. The van der Waals surface area contributed by atoms with Gasteiger partial charge in [-0.3, -0.25) is 0 Å². The van der Waals surface area contributed by atoms with Gasteiger partial charge in [-0.15, -0.1) is 0 Å². The Hall–Kier alpha value is -4.00. The summed E-state index contributed by atoms with van der Waals surface area (Å²) >= 11 is 0. The molecule has 0 aliphatic heterocycles. The van der Waals surface area contributed by atoms with Crippen LogP contribution in [-0.4, -0.2) is 26.5 Å². The molecule has 5 aromatic rings. The molecule has 0 bridgehead atoms. The molecule has 3 aromatic heterocycles. The number of rotatable bonds is 6. The van der Waals surface area contributed by atoms with E-state index in [-0.39, 0.29) is 5.82 Å². The van der Waals surface area contributed by atoms with Gasteiger partial charge in [-0.1, -0.05) is 30.3 Å². The first-order chi connectivity index (χ1) is 16.0. The first-order valence-corrected chi connectivity index (χ1v) is 11.0. The third-order valence-corrected chi connectivity index (χ3v) is 5.87. The minimum absolute atomic E-state index is 0.220. The third-order valence-electron chi connectivity index (χ3n) is 5.87. The van der Waals surface area contributed by atoms with Crippen molar-refractivity contribution in [3.8, 4) is 0 Å². The first-order valence-electron chi connectivity index (χ1n) is 11.0. The highest BCUT2D eigenvalue weighted by molar-refractivity contribution is 5.93. The van der Waals surface area contributed by atoms with Gasteiger partial charge in [0, 0.05) is 35.3 Å². The molecule has 166 valence electrons. The minimum atomic E-state index is -0.220. The van der Waals surface area contributed by atoms with Gasteiger partial charge in [0.25, 0.3) is 0 Å². The van der Waals surface area contributed by atoms with Gasteiger partial charge in [-0.2, -0.15) is 0 Å². The number of halogens is 1. The Morgan fingerprint density at radius 1 is 0.970 bits per heavy atom. The highest BCUT2D eigenvalue weighted by Gasteiger charge is 2.14. The van der Waals surface area contributed by atoms with Crippen molar-refractivity contribution in [2.24, 2.45) is 0 Å². The van der Waals surface area contributed by atoms with Crippen molar-refractivity contribution >= 4 is 39.1 Å². The summed E-state index contributed by atoms with van der Waals surface area (Å²) in [5.41, 5.74) is 3.76. The Morgan fingerprint density at radius 2 is 1.79 bits per heavy atom. The molecule has 0 aliphatic carbocycles. The smallest absolute Gasteiger partial charge is 0.147 e. The molecule has 0 atom stereocenters. The SMILES string of the molecule is Cc1nc(NCCc2c(C)[nH]c3c(F)ccc(C)c23)cc(Nc2nccc3ccccc23)n1. The van der Waals surface area contributed by atoms with E-state index in [9.17, 15) is 4.39 Å². The summed E-state index contributed by atoms with van der Waals surface area (Å²) in [4.78, 5) is 16.7. The molecule has 2 aromatic carbocycles. The molecule has 6 nitrogen and oxygen atoms in total. The van der Waals surface area contributed by atoms with E-state index in [0.29, 0.717) is 23.7 Å². The topological polar surface area (TPSA) is 78.5 Å². The van der Waals surface area contributed by atoms with Gasteiger partial charge in [0.1, 0.15) is 29.1 Å². The molecule has 0 amide bonds. The fraction of sp³-hybridized carbons (Fsp3) is 0.192. The van der Waals surface area contributed by atoms with Gasteiger partial charge in [-0.25, -0.2) is 19.3 Å². The largest absolute Gasteiger partial charge is 0.370 e. The summed E-state index contributed by atoms with van der Waals surface area (Å²) in [7, 11) is 0. The van der Waals surface area contributed by atoms with Crippen LogP contribution in [-0.2, 0) is 6.42 Å². The highest BCUT2D eigenvalue weighted by Crippen LogP contribution is 2.28. The van der Waals surface area contributed by atoms with Crippen molar-refractivity contribution in [1.29, 1.82) is 0 Å². The number of aryl methyl sites for hydroxylation is 3. The predicted octanol–water partition coefficient (Wildman–Crippen LogP) is 5.97. The maximum absolute atomic E-state index is 14.2. The molecule has 0 aliphatic rings. The van der Waals surface area contributed by atoms with Crippen LogP contribution in [0.2, 0.25) is 0 Å². The van der Waals surface area contributed by atoms with Crippen LogP contribution in [0.5, 0.6) is 0 Å². The molecule has 0 radical (unpaired) electrons. The van der Waals surface area contributed by atoms with Crippen molar-refractivity contribution < 1.29 is 4.39 Å². The van der Waals surface area contributed by atoms with Gasteiger partial charge in [0.2, 0.25) is 0 Å². The van der Waals surface area contributed by atoms with E-state index in [0.717, 1.165) is 51.0 Å². The van der Waals surface area contributed by atoms with Gasteiger partial charge < -0.3 is 15.6 Å². The number of H-pyrrole nitrogens is 1. The van der Waals surface area contributed by atoms with Crippen LogP contribution >= 0.6 is 0 Å². The van der Waals surface area contributed by atoms with E-state index < -0.39 is 0 Å². The van der Waals surface area contributed by atoms with Crippen molar-refractivity contribution in [2.45, 2.75) is 27.2 Å². The van der Waals surface area contributed by atoms with Crippen LogP contribution in [0.3, 0.4) is 0 Å². The molecule has 0 fully saturated rings. The fourth-order valence-electron chi connectivity index (χ4n) is 4.33. The molecule has 3 heterocycles. The Morgan fingerprint density at radius 3 is 2.67 bits per heavy atom. The van der Waals surface area contributed by atoms with Crippen LogP contribution in [0.15, 0.2) is 54.7 Å². The molecular weight excluding hydrogens is 415 g/mol. The van der Waals surface area contributed by atoms with Gasteiger partial charge in [0.05, 0.1) is 5.52 Å². The number of benzene rings is 2. The number of fused-ring (bicyclic) bond motifs is 2. The van der Waals surface area contributed by atoms with Crippen molar-refractivity contribution in [1.82, 2.24) is 19.9 Å². The lowest BCUT2D eigenvalue weighted by Crippen LogP contribution is -2.09. The monoisotopic (exact) mass is 440 g/mol. The quantitative estimate of drug-likeness (QED) is 0.303. The van der Waals surface area contributed by atoms with Gasteiger partial charge in [0.15, 0.2) is 0 Å². The minimum Gasteiger partial charge on any atom is -0.370 e. The van der Waals surface area contributed by atoms with Gasteiger partial charge in [-0.05, 0) is 55.8 Å². The summed E-state index contributed by atoms with van der Waals surface area (Å²) in [5, 5.41) is 9.84. The second-order valence-corrected chi connectivity index (χ2v) is 8.21. The number of hydrogen-bond acceptors (Lipinski definition) is 5. The number of nitrogens with zero attached hydrogens (tertiary/aromatic N) is 3. The molecular formula is C26H25FN6. The Bertz CT molecular complexity index is 1470. The summed E-state index contributed by atoms with van der Waals surface area (Å²) in [6, 6.07) is 15.3. The maximum Gasteiger partial charge on any atom is 0.147 e. The lowest BCUT2D eigenvalue weighted by atomic mass is 10.0. The molecule has 0 unspecified atom stereocenters. The molecule has 33 heavy (non-hydrogen) atoms. The third kappa shape index (κ3) is 4.09. The van der Waals surface area contributed by atoms with E-state index in [1.807, 2.05) is 57.2 Å². The molecule has 7 heteroatoms. The second kappa shape index (κ2) is 8.50. The normalized spacial score (nSPS) is 11.3. The van der Waals surface area contributed by atoms with E-state index in [1.165, 1.54) is 6.07 Å². The van der Waals surface area contributed by atoms with E-state index in [4.69, 9.17) is 0 Å². The number of pyridine rings is 1. The number of anilines is 3. The Labute approximate surface area is 191 Å². The summed E-state index contributed by atoms with van der Waals surface area (Å²) < 4.78 is 14.2. The van der Waals surface area contributed by atoms with Gasteiger partial charge >= 0.3 is 0 Å². The van der Waals surface area contributed by atoms with Crippen LogP contribution in [0.4, 0.5) is 21.8 Å². The molecule has 0 spiro atoms. The van der Waals surface area contributed by atoms with Crippen LogP contribution in [0, 0.1) is 26.6 Å². The number of aromatic nitrogens is 4. The van der Waals surface area contributed by atoms with Crippen molar-refractivity contribution in [3.63, 3.8) is 0 Å². The van der Waals surface area contributed by atoms with Crippen molar-refractivity contribution in [3.05, 3.63) is 83.2 Å². The molecule has 0 saturated carbocycles. The van der Waals surface area contributed by atoms with Crippen LogP contribution in [0.25, 0.3) is 21.7 Å². The Balaban J connectivity index is 1.35. The summed E-state index contributed by atoms with van der Waals surface area (Å²) in [5.74, 6) is 2.59. The number of nitrogens with one attached hydrogen (secondary N) is 3. The zero-order chi connectivity index (χ0) is 22.9. The zero-order valence-electron chi connectivity index (χ0n) is 18.8.